The lowest BCUT2D eigenvalue weighted by atomic mass is 10.1. The zero-order chi connectivity index (χ0) is 16.8. The number of anilines is 1. The number of carbonyl (C=O) groups is 1. The van der Waals surface area contributed by atoms with E-state index in [-0.39, 0.29) is 11.9 Å². The van der Waals surface area contributed by atoms with Crippen LogP contribution in [0.15, 0.2) is 24.3 Å². The maximum absolute atomic E-state index is 12.0. The Hall–Kier alpha value is -2.45. The van der Waals surface area contributed by atoms with E-state index in [1.807, 2.05) is 31.2 Å². The first-order valence-corrected chi connectivity index (χ1v) is 8.03. The van der Waals surface area contributed by atoms with Crippen molar-refractivity contribution in [3.8, 4) is 11.4 Å². The van der Waals surface area contributed by atoms with E-state index in [0.717, 1.165) is 36.8 Å². The molecule has 1 aliphatic rings. The second-order valence-corrected chi connectivity index (χ2v) is 5.80. The van der Waals surface area contributed by atoms with Gasteiger partial charge in [-0.3, -0.25) is 5.10 Å². The number of rotatable bonds is 4. The van der Waals surface area contributed by atoms with Gasteiger partial charge in [0.25, 0.3) is 0 Å². The van der Waals surface area contributed by atoms with E-state index < -0.39 is 0 Å². The van der Waals surface area contributed by atoms with Crippen molar-refractivity contribution in [1.29, 1.82) is 0 Å². The molecule has 24 heavy (non-hydrogen) atoms. The summed E-state index contributed by atoms with van der Waals surface area (Å²) >= 11 is 0. The number of ether oxygens (including phenoxy) is 1. The molecule has 8 heteroatoms. The van der Waals surface area contributed by atoms with Gasteiger partial charge in [-0.15, -0.1) is 0 Å². The van der Waals surface area contributed by atoms with Gasteiger partial charge in [0.05, 0.1) is 13.2 Å². The molecular formula is C16H22N6O2. The summed E-state index contributed by atoms with van der Waals surface area (Å²) in [5.74, 6) is 1.70. The fourth-order valence-electron chi connectivity index (χ4n) is 2.48. The standard InChI is InChI=1S/C16H22N6O2/c1-11-19-15(22-21-11)13-2-4-14(5-3-13)20-16(23)18-9-12-8-17-6-7-24-10-12/h2-5,12,17H,6-10H2,1H3,(H2,18,20,23)(H,19,21,22)/t12-/m1/s1. The van der Waals surface area contributed by atoms with Gasteiger partial charge in [-0.05, 0) is 31.2 Å². The molecule has 2 aromatic rings. The van der Waals surface area contributed by atoms with Gasteiger partial charge in [0.15, 0.2) is 5.82 Å². The van der Waals surface area contributed by atoms with Gasteiger partial charge in [0.2, 0.25) is 0 Å². The first kappa shape index (κ1) is 16.4. The molecule has 0 aliphatic carbocycles. The highest BCUT2D eigenvalue weighted by Crippen LogP contribution is 2.17. The summed E-state index contributed by atoms with van der Waals surface area (Å²) in [6.45, 7) is 5.53. The fraction of sp³-hybridized carbons (Fsp3) is 0.438. The number of nitrogens with one attached hydrogen (secondary N) is 4. The van der Waals surface area contributed by atoms with Crippen molar-refractivity contribution in [3.63, 3.8) is 0 Å². The monoisotopic (exact) mass is 330 g/mol. The SMILES string of the molecule is Cc1nc(-c2ccc(NC(=O)NC[C@H]3CNCCOC3)cc2)n[nH]1. The van der Waals surface area contributed by atoms with E-state index in [2.05, 4.69) is 31.1 Å². The molecule has 1 aromatic carbocycles. The number of hydrogen-bond donors (Lipinski definition) is 4. The minimum atomic E-state index is -0.222. The fourth-order valence-corrected chi connectivity index (χ4v) is 2.48. The molecule has 2 heterocycles. The molecule has 2 amide bonds. The maximum Gasteiger partial charge on any atom is 0.319 e. The Bertz CT molecular complexity index is 661. The van der Waals surface area contributed by atoms with Gasteiger partial charge in [0, 0.05) is 36.8 Å². The second-order valence-electron chi connectivity index (χ2n) is 5.80. The number of H-pyrrole nitrogens is 1. The van der Waals surface area contributed by atoms with Crippen LogP contribution in [0.3, 0.4) is 0 Å². The van der Waals surface area contributed by atoms with Crippen molar-refractivity contribution in [1.82, 2.24) is 25.8 Å². The summed E-state index contributed by atoms with van der Waals surface area (Å²) in [4.78, 5) is 16.3. The van der Waals surface area contributed by atoms with Gasteiger partial charge in [-0.1, -0.05) is 0 Å². The average molecular weight is 330 g/mol. The van der Waals surface area contributed by atoms with Gasteiger partial charge in [-0.2, -0.15) is 5.10 Å². The van der Waals surface area contributed by atoms with Crippen LogP contribution in [0, 0.1) is 12.8 Å². The van der Waals surface area contributed by atoms with Crippen molar-refractivity contribution >= 4 is 11.7 Å². The summed E-state index contributed by atoms with van der Waals surface area (Å²) in [5.41, 5.74) is 1.62. The molecule has 8 nitrogen and oxygen atoms in total. The van der Waals surface area contributed by atoms with Crippen LogP contribution >= 0.6 is 0 Å². The Kier molecular flexibility index (Phi) is 5.39. The average Bonchev–Trinajstić information content (AvgIpc) is 2.85. The summed E-state index contributed by atoms with van der Waals surface area (Å²) in [5, 5.41) is 15.9. The van der Waals surface area contributed by atoms with E-state index in [1.165, 1.54) is 0 Å². The maximum atomic E-state index is 12.0. The zero-order valence-electron chi connectivity index (χ0n) is 13.6. The zero-order valence-corrected chi connectivity index (χ0v) is 13.6. The van der Waals surface area contributed by atoms with Crippen LogP contribution in [-0.4, -0.2) is 54.1 Å². The van der Waals surface area contributed by atoms with Crippen LogP contribution in [0.5, 0.6) is 0 Å². The summed E-state index contributed by atoms with van der Waals surface area (Å²) in [6, 6.07) is 7.19. The summed E-state index contributed by atoms with van der Waals surface area (Å²) in [7, 11) is 0. The molecule has 4 N–H and O–H groups in total. The minimum absolute atomic E-state index is 0.222. The van der Waals surface area contributed by atoms with Crippen molar-refractivity contribution in [3.05, 3.63) is 30.1 Å². The lowest BCUT2D eigenvalue weighted by Gasteiger charge is -2.15. The molecule has 1 saturated heterocycles. The molecule has 0 spiro atoms. The highest BCUT2D eigenvalue weighted by molar-refractivity contribution is 5.89. The highest BCUT2D eigenvalue weighted by Gasteiger charge is 2.13. The second kappa shape index (κ2) is 7.89. The summed E-state index contributed by atoms with van der Waals surface area (Å²) < 4.78 is 5.47. The molecule has 0 saturated carbocycles. The molecule has 1 atom stereocenters. The molecular weight excluding hydrogens is 308 g/mol. The van der Waals surface area contributed by atoms with Gasteiger partial charge < -0.3 is 20.7 Å². The first-order chi connectivity index (χ1) is 11.7. The van der Waals surface area contributed by atoms with Crippen molar-refractivity contribution < 1.29 is 9.53 Å². The third-order valence-corrected chi connectivity index (χ3v) is 3.76. The van der Waals surface area contributed by atoms with Crippen LogP contribution in [0.25, 0.3) is 11.4 Å². The predicted molar refractivity (Wildman–Crippen MR) is 90.8 cm³/mol. The van der Waals surface area contributed by atoms with E-state index >= 15 is 0 Å². The number of urea groups is 1. The third-order valence-electron chi connectivity index (χ3n) is 3.76. The van der Waals surface area contributed by atoms with Gasteiger partial charge in [0.1, 0.15) is 5.82 Å². The largest absolute Gasteiger partial charge is 0.380 e. The highest BCUT2D eigenvalue weighted by atomic mass is 16.5. The smallest absolute Gasteiger partial charge is 0.319 e. The van der Waals surface area contributed by atoms with Crippen LogP contribution in [-0.2, 0) is 4.74 Å². The Labute approximate surface area is 140 Å². The van der Waals surface area contributed by atoms with Crippen molar-refractivity contribution in [2.75, 3.05) is 38.2 Å². The molecule has 1 fully saturated rings. The topological polar surface area (TPSA) is 104 Å². The number of nitrogens with zero attached hydrogens (tertiary/aromatic N) is 2. The van der Waals surface area contributed by atoms with E-state index in [9.17, 15) is 4.79 Å². The molecule has 3 rings (SSSR count). The first-order valence-electron chi connectivity index (χ1n) is 8.03. The van der Waals surface area contributed by atoms with E-state index in [1.54, 1.807) is 0 Å². The summed E-state index contributed by atoms with van der Waals surface area (Å²) in [6.07, 6.45) is 0. The number of aryl methyl sites for hydroxylation is 1. The van der Waals surface area contributed by atoms with Gasteiger partial charge in [-0.25, -0.2) is 9.78 Å². The van der Waals surface area contributed by atoms with Crippen molar-refractivity contribution in [2.45, 2.75) is 6.92 Å². The Morgan fingerprint density at radius 3 is 2.96 bits per heavy atom. The van der Waals surface area contributed by atoms with Crippen LogP contribution in [0.2, 0.25) is 0 Å². The van der Waals surface area contributed by atoms with Crippen LogP contribution < -0.4 is 16.0 Å². The van der Waals surface area contributed by atoms with Crippen molar-refractivity contribution in [2.24, 2.45) is 5.92 Å². The normalized spacial score (nSPS) is 18.0. The number of carbonyl (C=O) groups excluding carboxylic acids is 1. The lowest BCUT2D eigenvalue weighted by molar-refractivity contribution is 0.123. The molecule has 0 bridgehead atoms. The van der Waals surface area contributed by atoms with E-state index in [0.29, 0.717) is 19.0 Å². The molecule has 1 aliphatic heterocycles. The molecule has 0 unspecified atom stereocenters. The third kappa shape index (κ3) is 4.53. The lowest BCUT2D eigenvalue weighted by Crippen LogP contribution is -2.37. The number of amides is 2. The number of benzene rings is 1. The van der Waals surface area contributed by atoms with E-state index in [4.69, 9.17) is 4.74 Å². The Morgan fingerprint density at radius 2 is 2.21 bits per heavy atom. The molecule has 0 radical (unpaired) electrons. The molecule has 1 aromatic heterocycles. The van der Waals surface area contributed by atoms with Crippen LogP contribution in [0.1, 0.15) is 5.82 Å². The number of aromatic amines is 1. The van der Waals surface area contributed by atoms with Gasteiger partial charge >= 0.3 is 6.03 Å². The minimum Gasteiger partial charge on any atom is -0.380 e. The Balaban J connectivity index is 1.49. The number of hydrogen-bond acceptors (Lipinski definition) is 5. The molecule has 128 valence electrons. The van der Waals surface area contributed by atoms with Crippen LogP contribution in [0.4, 0.5) is 10.5 Å². The number of aromatic nitrogens is 3. The quantitative estimate of drug-likeness (QED) is 0.673. The Morgan fingerprint density at radius 1 is 1.38 bits per heavy atom. The predicted octanol–water partition coefficient (Wildman–Crippen LogP) is 1.14.